The number of hydrogen-bond donors (Lipinski definition) is 1. The van der Waals surface area contributed by atoms with Crippen molar-refractivity contribution < 1.29 is 4.79 Å². The van der Waals surface area contributed by atoms with Crippen LogP contribution in [-0.4, -0.2) is 24.0 Å². The van der Waals surface area contributed by atoms with Crippen LogP contribution >= 0.6 is 27.5 Å². The molecule has 0 unspecified atom stereocenters. The summed E-state index contributed by atoms with van der Waals surface area (Å²) < 4.78 is 0.900. The number of nitrogens with one attached hydrogen (secondary N) is 1. The molecule has 1 aliphatic rings. The van der Waals surface area contributed by atoms with Crippen LogP contribution in [0, 0.1) is 0 Å². The highest BCUT2D eigenvalue weighted by Gasteiger charge is 2.18. The highest BCUT2D eigenvalue weighted by molar-refractivity contribution is 9.10. The zero-order valence-electron chi connectivity index (χ0n) is 8.67. The number of likely N-dealkylation sites (tertiary alicyclic amines) is 1. The first-order chi connectivity index (χ1) is 7.66. The molecule has 1 saturated heterocycles. The minimum Gasteiger partial charge on any atom is -0.325 e. The molecule has 0 spiro atoms. The van der Waals surface area contributed by atoms with Crippen LogP contribution in [0.15, 0.2) is 22.7 Å². The maximum atomic E-state index is 11.8. The minimum absolute atomic E-state index is 0.0678. The molecule has 0 saturated carbocycles. The van der Waals surface area contributed by atoms with Crippen molar-refractivity contribution >= 4 is 39.2 Å². The molecule has 2 rings (SSSR count). The van der Waals surface area contributed by atoms with Crippen LogP contribution in [0.4, 0.5) is 10.5 Å². The third-order valence-corrected chi connectivity index (χ3v) is 3.37. The maximum Gasteiger partial charge on any atom is 0.321 e. The SMILES string of the molecule is O=C(Nc1ccc(Br)cc1Cl)N1CCCC1. The molecule has 3 nitrogen and oxygen atoms in total. The number of carbonyl (C=O) groups is 1. The molecule has 1 aliphatic heterocycles. The fourth-order valence-electron chi connectivity index (χ4n) is 1.71. The van der Waals surface area contributed by atoms with Crippen molar-refractivity contribution in [2.45, 2.75) is 12.8 Å². The molecule has 1 aromatic carbocycles. The van der Waals surface area contributed by atoms with Crippen LogP contribution in [-0.2, 0) is 0 Å². The standard InChI is InChI=1S/C11H12BrClN2O/c12-8-3-4-10(9(13)7-8)14-11(16)15-5-1-2-6-15/h3-4,7H,1-2,5-6H2,(H,14,16). The van der Waals surface area contributed by atoms with E-state index < -0.39 is 0 Å². The molecule has 0 bridgehead atoms. The lowest BCUT2D eigenvalue weighted by molar-refractivity contribution is 0.222. The van der Waals surface area contributed by atoms with Gasteiger partial charge in [0.15, 0.2) is 0 Å². The first kappa shape index (κ1) is 11.7. The monoisotopic (exact) mass is 302 g/mol. The summed E-state index contributed by atoms with van der Waals surface area (Å²) in [6, 6.07) is 5.34. The Balaban J connectivity index is 2.05. The van der Waals surface area contributed by atoms with E-state index in [9.17, 15) is 4.79 Å². The van der Waals surface area contributed by atoms with E-state index in [1.807, 2.05) is 6.07 Å². The van der Waals surface area contributed by atoms with E-state index in [1.165, 1.54) is 0 Å². The number of halogens is 2. The van der Waals surface area contributed by atoms with Crippen LogP contribution in [0.5, 0.6) is 0 Å². The fourth-order valence-corrected chi connectivity index (χ4v) is 2.43. The number of anilines is 1. The first-order valence-electron chi connectivity index (χ1n) is 5.18. The summed E-state index contributed by atoms with van der Waals surface area (Å²) in [4.78, 5) is 13.6. The van der Waals surface area contributed by atoms with Crippen LogP contribution in [0.3, 0.4) is 0 Å². The number of rotatable bonds is 1. The second-order valence-electron chi connectivity index (χ2n) is 3.75. The second-order valence-corrected chi connectivity index (χ2v) is 5.07. The predicted molar refractivity (Wildman–Crippen MR) is 69.0 cm³/mol. The average molecular weight is 304 g/mol. The normalized spacial score (nSPS) is 15.2. The zero-order valence-corrected chi connectivity index (χ0v) is 11.0. The summed E-state index contributed by atoms with van der Waals surface area (Å²) in [6.45, 7) is 1.67. The van der Waals surface area contributed by atoms with Crippen LogP contribution in [0.25, 0.3) is 0 Å². The molecule has 86 valence electrons. The molecule has 1 heterocycles. The summed E-state index contributed by atoms with van der Waals surface area (Å²) >= 11 is 9.34. The molecule has 0 atom stereocenters. The summed E-state index contributed by atoms with van der Waals surface area (Å²) in [5, 5.41) is 3.36. The van der Waals surface area contributed by atoms with Gasteiger partial charge in [0.05, 0.1) is 10.7 Å². The van der Waals surface area contributed by atoms with Crippen LogP contribution < -0.4 is 5.32 Å². The lowest BCUT2D eigenvalue weighted by Gasteiger charge is -2.16. The van der Waals surface area contributed by atoms with Gasteiger partial charge in [0, 0.05) is 17.6 Å². The van der Waals surface area contributed by atoms with Gasteiger partial charge < -0.3 is 10.2 Å². The van der Waals surface area contributed by atoms with E-state index in [1.54, 1.807) is 17.0 Å². The van der Waals surface area contributed by atoms with Crippen molar-refractivity contribution in [3.63, 3.8) is 0 Å². The molecule has 1 fully saturated rings. The number of benzene rings is 1. The van der Waals surface area contributed by atoms with E-state index in [0.717, 1.165) is 30.4 Å². The summed E-state index contributed by atoms with van der Waals surface area (Å²) in [6.07, 6.45) is 2.17. The Kier molecular flexibility index (Phi) is 3.71. The fraction of sp³-hybridized carbons (Fsp3) is 0.364. The van der Waals surface area contributed by atoms with Crippen molar-refractivity contribution in [3.05, 3.63) is 27.7 Å². The number of nitrogens with zero attached hydrogens (tertiary/aromatic N) is 1. The van der Waals surface area contributed by atoms with E-state index >= 15 is 0 Å². The summed E-state index contributed by atoms with van der Waals surface area (Å²) in [5.41, 5.74) is 0.654. The molecule has 0 aliphatic carbocycles. The third kappa shape index (κ3) is 2.68. The highest BCUT2D eigenvalue weighted by atomic mass is 79.9. The smallest absolute Gasteiger partial charge is 0.321 e. The van der Waals surface area contributed by atoms with Gasteiger partial charge in [-0.25, -0.2) is 4.79 Å². The lowest BCUT2D eigenvalue weighted by atomic mass is 10.3. The Hall–Kier alpha value is -0.740. The Morgan fingerprint density at radius 3 is 2.69 bits per heavy atom. The van der Waals surface area contributed by atoms with Gasteiger partial charge in [-0.1, -0.05) is 27.5 Å². The molecule has 1 N–H and O–H groups in total. The number of urea groups is 1. The highest BCUT2D eigenvalue weighted by Crippen LogP contribution is 2.26. The van der Waals surface area contributed by atoms with Gasteiger partial charge in [-0.05, 0) is 31.0 Å². The van der Waals surface area contributed by atoms with Gasteiger partial charge >= 0.3 is 6.03 Å². The third-order valence-electron chi connectivity index (χ3n) is 2.57. The van der Waals surface area contributed by atoms with Gasteiger partial charge in [0.2, 0.25) is 0 Å². The Bertz CT molecular complexity index is 405. The quantitative estimate of drug-likeness (QED) is 0.842. The lowest BCUT2D eigenvalue weighted by Crippen LogP contribution is -2.32. The van der Waals surface area contributed by atoms with E-state index in [2.05, 4.69) is 21.2 Å². The van der Waals surface area contributed by atoms with E-state index in [4.69, 9.17) is 11.6 Å². The number of carbonyl (C=O) groups excluding carboxylic acids is 1. The second kappa shape index (κ2) is 5.06. The Morgan fingerprint density at radius 1 is 1.38 bits per heavy atom. The van der Waals surface area contributed by atoms with Crippen molar-refractivity contribution in [1.82, 2.24) is 4.90 Å². The molecule has 2 amide bonds. The van der Waals surface area contributed by atoms with Gasteiger partial charge in [0.1, 0.15) is 0 Å². The summed E-state index contributed by atoms with van der Waals surface area (Å²) in [5.74, 6) is 0. The molecular formula is C11H12BrClN2O. The molecule has 1 aromatic rings. The molecule has 5 heteroatoms. The van der Waals surface area contributed by atoms with Gasteiger partial charge in [-0.2, -0.15) is 0 Å². The molecule has 0 aromatic heterocycles. The van der Waals surface area contributed by atoms with E-state index in [0.29, 0.717) is 10.7 Å². The topological polar surface area (TPSA) is 32.3 Å². The number of hydrogen-bond acceptors (Lipinski definition) is 1. The van der Waals surface area contributed by atoms with Crippen molar-refractivity contribution in [3.8, 4) is 0 Å². The Morgan fingerprint density at radius 2 is 2.06 bits per heavy atom. The van der Waals surface area contributed by atoms with Crippen LogP contribution in [0.2, 0.25) is 5.02 Å². The summed E-state index contributed by atoms with van der Waals surface area (Å²) in [7, 11) is 0. The van der Waals surface area contributed by atoms with Gasteiger partial charge in [0.25, 0.3) is 0 Å². The van der Waals surface area contributed by atoms with Crippen molar-refractivity contribution in [2.24, 2.45) is 0 Å². The predicted octanol–water partition coefficient (Wildman–Crippen LogP) is 3.73. The zero-order chi connectivity index (χ0) is 11.5. The molecular weight excluding hydrogens is 291 g/mol. The van der Waals surface area contributed by atoms with Gasteiger partial charge in [-0.3, -0.25) is 0 Å². The number of amides is 2. The molecule has 0 radical (unpaired) electrons. The minimum atomic E-state index is -0.0678. The molecule has 16 heavy (non-hydrogen) atoms. The van der Waals surface area contributed by atoms with Crippen LogP contribution in [0.1, 0.15) is 12.8 Å². The maximum absolute atomic E-state index is 11.8. The average Bonchev–Trinajstić information content (AvgIpc) is 2.75. The van der Waals surface area contributed by atoms with Crippen molar-refractivity contribution in [2.75, 3.05) is 18.4 Å². The largest absolute Gasteiger partial charge is 0.325 e. The van der Waals surface area contributed by atoms with Crippen molar-refractivity contribution in [1.29, 1.82) is 0 Å². The first-order valence-corrected chi connectivity index (χ1v) is 6.35. The van der Waals surface area contributed by atoms with Gasteiger partial charge in [-0.15, -0.1) is 0 Å². The Labute approximate surface area is 108 Å². The van der Waals surface area contributed by atoms with E-state index in [-0.39, 0.29) is 6.03 Å².